The number of rotatable bonds is 3. The molecule has 2 aromatic carbocycles. The van der Waals surface area contributed by atoms with E-state index >= 15 is 0 Å². The molecule has 3 aromatic rings. The summed E-state index contributed by atoms with van der Waals surface area (Å²) in [4.78, 5) is 39.5. The monoisotopic (exact) mass is 461 g/mol. The van der Waals surface area contributed by atoms with Crippen LogP contribution in [0.15, 0.2) is 48.0 Å². The van der Waals surface area contributed by atoms with Crippen LogP contribution in [0.4, 0.5) is 10.5 Å². The maximum atomic E-state index is 13.3. The number of carbonyl (C=O) groups is 3. The predicted octanol–water partition coefficient (Wildman–Crippen LogP) is 5.34. The molecule has 0 saturated carbocycles. The number of nitrogens with zero attached hydrogens (tertiary/aromatic N) is 2. The molecule has 1 N–H and O–H groups in total. The summed E-state index contributed by atoms with van der Waals surface area (Å²) in [6.45, 7) is 9.76. The molecular formula is C26H24ClN3O3. The van der Waals surface area contributed by atoms with E-state index in [2.05, 4.69) is 29.8 Å². The number of anilines is 1. The molecule has 1 fully saturated rings. The second-order valence-electron chi connectivity index (χ2n) is 8.22. The molecule has 2 heterocycles. The van der Waals surface area contributed by atoms with Crippen LogP contribution in [0, 0.1) is 34.6 Å². The molecular weight excluding hydrogens is 438 g/mol. The maximum Gasteiger partial charge on any atom is 0.335 e. The van der Waals surface area contributed by atoms with Crippen molar-refractivity contribution < 1.29 is 14.4 Å². The van der Waals surface area contributed by atoms with Crippen LogP contribution in [0.3, 0.4) is 0 Å². The Kier molecular flexibility index (Phi) is 5.72. The van der Waals surface area contributed by atoms with Crippen molar-refractivity contribution in [2.24, 2.45) is 0 Å². The first-order chi connectivity index (χ1) is 15.6. The van der Waals surface area contributed by atoms with E-state index in [-0.39, 0.29) is 5.57 Å². The van der Waals surface area contributed by atoms with Crippen LogP contribution in [0.25, 0.3) is 11.8 Å². The summed E-state index contributed by atoms with van der Waals surface area (Å²) >= 11 is 6.19. The van der Waals surface area contributed by atoms with Crippen molar-refractivity contribution in [1.82, 2.24) is 9.88 Å². The highest BCUT2D eigenvalue weighted by atomic mass is 35.5. The Morgan fingerprint density at radius 2 is 1.55 bits per heavy atom. The molecule has 0 atom stereocenters. The fourth-order valence-corrected chi connectivity index (χ4v) is 4.32. The standard InChI is InChI=1S/C26H24ClN3O3/c1-14-8-6-10-22(16(14)3)29-15(2)12-19(18(29)5)13-20-24(31)28-26(33)30(25(20)32)23-11-7-9-21(27)17(23)4/h6-13H,1-5H3,(H,28,31,33)/b20-13+. The second kappa shape index (κ2) is 8.37. The van der Waals surface area contributed by atoms with Crippen molar-refractivity contribution in [3.63, 3.8) is 0 Å². The SMILES string of the molecule is Cc1cccc(-n2c(C)cc(/C=C3\C(=O)NC(=O)N(c4cccc(Cl)c4C)C3=O)c2C)c1C. The van der Waals surface area contributed by atoms with Gasteiger partial charge in [0.15, 0.2) is 0 Å². The van der Waals surface area contributed by atoms with Crippen LogP contribution in [0.5, 0.6) is 0 Å². The zero-order valence-corrected chi connectivity index (χ0v) is 19.9. The van der Waals surface area contributed by atoms with Crippen molar-refractivity contribution in [3.8, 4) is 5.69 Å². The van der Waals surface area contributed by atoms with Gasteiger partial charge in [0.2, 0.25) is 0 Å². The van der Waals surface area contributed by atoms with Gasteiger partial charge in [-0.2, -0.15) is 0 Å². The molecule has 0 bridgehead atoms. The van der Waals surface area contributed by atoms with Crippen molar-refractivity contribution in [2.45, 2.75) is 34.6 Å². The number of benzene rings is 2. The average molecular weight is 462 g/mol. The number of aryl methyl sites for hydroxylation is 2. The molecule has 6 nitrogen and oxygen atoms in total. The van der Waals surface area contributed by atoms with Gasteiger partial charge in [-0.1, -0.05) is 29.8 Å². The Bertz CT molecular complexity index is 1370. The van der Waals surface area contributed by atoms with Gasteiger partial charge in [0.05, 0.1) is 5.69 Å². The maximum absolute atomic E-state index is 13.3. The summed E-state index contributed by atoms with van der Waals surface area (Å²) in [5, 5.41) is 2.70. The van der Waals surface area contributed by atoms with E-state index in [0.717, 1.165) is 33.1 Å². The van der Waals surface area contributed by atoms with Gasteiger partial charge in [0.25, 0.3) is 11.8 Å². The van der Waals surface area contributed by atoms with Gasteiger partial charge in [0.1, 0.15) is 5.57 Å². The number of barbiturate groups is 1. The van der Waals surface area contributed by atoms with E-state index in [4.69, 9.17) is 11.6 Å². The Hall–Kier alpha value is -3.64. The number of hydrogen-bond acceptors (Lipinski definition) is 3. The Balaban J connectivity index is 1.81. The number of halogens is 1. The molecule has 4 amide bonds. The number of nitrogens with one attached hydrogen (secondary N) is 1. The molecule has 1 aliphatic rings. The fourth-order valence-electron chi connectivity index (χ4n) is 4.15. The van der Waals surface area contributed by atoms with Crippen LogP contribution in [0.1, 0.15) is 33.6 Å². The minimum atomic E-state index is -0.798. The van der Waals surface area contributed by atoms with Gasteiger partial charge in [-0.25, -0.2) is 9.69 Å². The Morgan fingerprint density at radius 3 is 2.27 bits per heavy atom. The number of aromatic nitrogens is 1. The average Bonchev–Trinajstić information content (AvgIpc) is 3.03. The van der Waals surface area contributed by atoms with E-state index < -0.39 is 17.8 Å². The summed E-state index contributed by atoms with van der Waals surface area (Å²) in [5.41, 5.74) is 6.74. The molecule has 168 valence electrons. The van der Waals surface area contributed by atoms with Crippen molar-refractivity contribution in [1.29, 1.82) is 0 Å². The van der Waals surface area contributed by atoms with Crippen LogP contribution in [-0.2, 0) is 9.59 Å². The molecule has 0 spiro atoms. The molecule has 0 unspecified atom stereocenters. The van der Waals surface area contributed by atoms with E-state index in [1.54, 1.807) is 31.2 Å². The first-order valence-electron chi connectivity index (χ1n) is 10.5. The molecule has 0 radical (unpaired) electrons. The third kappa shape index (κ3) is 3.76. The van der Waals surface area contributed by atoms with E-state index in [1.165, 1.54) is 5.56 Å². The van der Waals surface area contributed by atoms with Crippen LogP contribution >= 0.6 is 11.6 Å². The zero-order valence-electron chi connectivity index (χ0n) is 19.1. The third-order valence-corrected chi connectivity index (χ3v) is 6.58. The molecule has 1 aliphatic heterocycles. The van der Waals surface area contributed by atoms with E-state index in [0.29, 0.717) is 16.3 Å². The smallest absolute Gasteiger partial charge is 0.318 e. The predicted molar refractivity (Wildman–Crippen MR) is 130 cm³/mol. The first kappa shape index (κ1) is 22.6. The highest BCUT2D eigenvalue weighted by Gasteiger charge is 2.37. The number of carbonyl (C=O) groups excluding carboxylic acids is 3. The van der Waals surface area contributed by atoms with Gasteiger partial charge in [-0.3, -0.25) is 14.9 Å². The second-order valence-corrected chi connectivity index (χ2v) is 8.63. The highest BCUT2D eigenvalue weighted by Crippen LogP contribution is 2.31. The number of imide groups is 2. The lowest BCUT2D eigenvalue weighted by Gasteiger charge is -2.27. The lowest BCUT2D eigenvalue weighted by Crippen LogP contribution is -2.54. The Labute approximate surface area is 197 Å². The van der Waals surface area contributed by atoms with Crippen molar-refractivity contribution in [3.05, 3.63) is 86.7 Å². The van der Waals surface area contributed by atoms with Crippen LogP contribution in [-0.4, -0.2) is 22.4 Å². The summed E-state index contributed by atoms with van der Waals surface area (Å²) in [7, 11) is 0. The van der Waals surface area contributed by atoms with Gasteiger partial charge in [-0.05, 0) is 87.2 Å². The van der Waals surface area contributed by atoms with E-state index in [9.17, 15) is 14.4 Å². The lowest BCUT2D eigenvalue weighted by atomic mass is 10.1. The number of urea groups is 1. The molecule has 4 rings (SSSR count). The summed E-state index contributed by atoms with van der Waals surface area (Å²) in [6, 6.07) is 12.2. The molecule has 0 aliphatic carbocycles. The fraction of sp³-hybridized carbons (Fsp3) is 0.192. The summed E-state index contributed by atoms with van der Waals surface area (Å²) in [6.07, 6.45) is 1.54. The van der Waals surface area contributed by atoms with Gasteiger partial charge >= 0.3 is 6.03 Å². The molecule has 33 heavy (non-hydrogen) atoms. The Morgan fingerprint density at radius 1 is 0.879 bits per heavy atom. The van der Waals surface area contributed by atoms with Crippen LogP contribution in [0.2, 0.25) is 5.02 Å². The van der Waals surface area contributed by atoms with Crippen molar-refractivity contribution in [2.75, 3.05) is 4.90 Å². The summed E-state index contributed by atoms with van der Waals surface area (Å²) in [5.74, 6) is -1.41. The van der Waals surface area contributed by atoms with Gasteiger partial charge < -0.3 is 4.57 Å². The van der Waals surface area contributed by atoms with Crippen LogP contribution < -0.4 is 10.2 Å². The largest absolute Gasteiger partial charge is 0.335 e. The zero-order chi connectivity index (χ0) is 24.0. The quantitative estimate of drug-likeness (QED) is 0.422. The lowest BCUT2D eigenvalue weighted by molar-refractivity contribution is -0.122. The normalized spacial score (nSPS) is 15.4. The minimum Gasteiger partial charge on any atom is -0.318 e. The summed E-state index contributed by atoms with van der Waals surface area (Å²) < 4.78 is 2.10. The van der Waals surface area contributed by atoms with Gasteiger partial charge in [-0.15, -0.1) is 0 Å². The molecule has 1 aromatic heterocycles. The minimum absolute atomic E-state index is 0.116. The first-order valence-corrected chi connectivity index (χ1v) is 10.9. The van der Waals surface area contributed by atoms with Crippen molar-refractivity contribution >= 4 is 41.2 Å². The van der Waals surface area contributed by atoms with E-state index in [1.807, 2.05) is 32.0 Å². The number of amides is 4. The molecule has 7 heteroatoms. The highest BCUT2D eigenvalue weighted by molar-refractivity contribution is 6.40. The topological polar surface area (TPSA) is 71.4 Å². The molecule has 1 saturated heterocycles. The number of hydrogen-bond donors (Lipinski definition) is 1. The third-order valence-electron chi connectivity index (χ3n) is 6.17. The van der Waals surface area contributed by atoms with Gasteiger partial charge in [0, 0.05) is 22.1 Å².